The highest BCUT2D eigenvalue weighted by Gasteiger charge is 2.33. The summed E-state index contributed by atoms with van der Waals surface area (Å²) in [5.41, 5.74) is 3.27. The molecule has 8 heteroatoms. The highest BCUT2D eigenvalue weighted by Crippen LogP contribution is 2.36. The summed E-state index contributed by atoms with van der Waals surface area (Å²) < 4.78 is 15.4. The predicted octanol–water partition coefficient (Wildman–Crippen LogP) is 3.52. The number of nitrogens with one attached hydrogen (secondary N) is 1. The second-order valence-corrected chi connectivity index (χ2v) is 8.01. The van der Waals surface area contributed by atoms with Crippen LogP contribution in [0.1, 0.15) is 24.3 Å². The van der Waals surface area contributed by atoms with Crippen molar-refractivity contribution in [1.82, 2.24) is 0 Å². The van der Waals surface area contributed by atoms with E-state index in [9.17, 15) is 14.4 Å². The first kappa shape index (κ1) is 23.3. The number of para-hydroxylation sites is 2. The Bertz CT molecular complexity index is 1150. The molecular formula is C26H26N2O6. The standard InChI is InChI=1S/C26H26N2O6/c1-32-25(30)21-15-34-16-28(24(21)26(31)33-2)23-11-7-6-10-22(23)27-19-12-18(13-20(29)14-19)17-8-4-3-5-9-17/h3-11,14,18,27H,12-13,15-16H2,1-2H3. The van der Waals surface area contributed by atoms with E-state index < -0.39 is 11.9 Å². The van der Waals surface area contributed by atoms with E-state index in [0.29, 0.717) is 24.2 Å². The maximum atomic E-state index is 12.7. The number of anilines is 2. The maximum absolute atomic E-state index is 12.7. The van der Waals surface area contributed by atoms with Crippen LogP contribution in [0.3, 0.4) is 0 Å². The summed E-state index contributed by atoms with van der Waals surface area (Å²) in [7, 11) is 2.50. The quantitative estimate of drug-likeness (QED) is 0.652. The van der Waals surface area contributed by atoms with E-state index in [1.54, 1.807) is 17.0 Å². The molecule has 34 heavy (non-hydrogen) atoms. The van der Waals surface area contributed by atoms with E-state index in [1.807, 2.05) is 48.5 Å². The molecule has 0 bridgehead atoms. The van der Waals surface area contributed by atoms with E-state index in [0.717, 1.165) is 11.3 Å². The van der Waals surface area contributed by atoms with Gasteiger partial charge in [-0.15, -0.1) is 0 Å². The Balaban J connectivity index is 1.67. The average Bonchev–Trinajstić information content (AvgIpc) is 2.88. The molecule has 0 aromatic heterocycles. The number of carbonyl (C=O) groups excluding carboxylic acids is 3. The van der Waals surface area contributed by atoms with Gasteiger partial charge in [-0.2, -0.15) is 0 Å². The van der Waals surface area contributed by atoms with Gasteiger partial charge in [-0.05, 0) is 30.0 Å². The first-order chi connectivity index (χ1) is 16.5. The molecule has 4 rings (SSSR count). The van der Waals surface area contributed by atoms with Gasteiger partial charge in [-0.25, -0.2) is 9.59 Å². The van der Waals surface area contributed by atoms with E-state index >= 15 is 0 Å². The minimum absolute atomic E-state index is 0.0360. The molecule has 2 aromatic carbocycles. The van der Waals surface area contributed by atoms with Gasteiger partial charge in [-0.1, -0.05) is 42.5 Å². The minimum atomic E-state index is -0.672. The van der Waals surface area contributed by atoms with Gasteiger partial charge in [0.15, 0.2) is 5.78 Å². The molecule has 1 N–H and O–H groups in total. The van der Waals surface area contributed by atoms with Crippen molar-refractivity contribution < 1.29 is 28.6 Å². The topological polar surface area (TPSA) is 94.2 Å². The van der Waals surface area contributed by atoms with Crippen LogP contribution in [0.4, 0.5) is 11.4 Å². The monoisotopic (exact) mass is 462 g/mol. The number of nitrogens with zero attached hydrogens (tertiary/aromatic N) is 1. The molecule has 0 fully saturated rings. The van der Waals surface area contributed by atoms with Crippen LogP contribution in [0.2, 0.25) is 0 Å². The zero-order chi connectivity index (χ0) is 24.1. The number of ether oxygens (including phenoxy) is 3. The Labute approximate surface area is 197 Å². The summed E-state index contributed by atoms with van der Waals surface area (Å²) in [4.78, 5) is 39.1. The van der Waals surface area contributed by atoms with Crippen molar-refractivity contribution in [3.05, 3.63) is 83.2 Å². The number of allylic oxidation sites excluding steroid dienone is 2. The molecule has 0 saturated heterocycles. The third-order valence-electron chi connectivity index (χ3n) is 5.84. The first-order valence-corrected chi connectivity index (χ1v) is 10.9. The number of hydrogen-bond acceptors (Lipinski definition) is 8. The molecule has 1 heterocycles. The number of esters is 2. The average molecular weight is 463 g/mol. The van der Waals surface area contributed by atoms with Crippen molar-refractivity contribution >= 4 is 29.1 Å². The number of benzene rings is 2. The number of methoxy groups -OCH3 is 2. The Hall–Kier alpha value is -3.91. The minimum Gasteiger partial charge on any atom is -0.466 e. The molecular weight excluding hydrogens is 436 g/mol. The van der Waals surface area contributed by atoms with Crippen molar-refractivity contribution in [1.29, 1.82) is 0 Å². The molecule has 0 amide bonds. The summed E-state index contributed by atoms with van der Waals surface area (Å²) in [5.74, 6) is -1.22. The van der Waals surface area contributed by atoms with Crippen molar-refractivity contribution in [2.24, 2.45) is 0 Å². The van der Waals surface area contributed by atoms with Gasteiger partial charge in [0, 0.05) is 18.2 Å². The first-order valence-electron chi connectivity index (χ1n) is 10.9. The van der Waals surface area contributed by atoms with Crippen LogP contribution in [-0.2, 0) is 28.6 Å². The van der Waals surface area contributed by atoms with E-state index in [2.05, 4.69) is 5.32 Å². The lowest BCUT2D eigenvalue weighted by Crippen LogP contribution is -2.39. The zero-order valence-corrected chi connectivity index (χ0v) is 19.1. The van der Waals surface area contributed by atoms with Gasteiger partial charge in [-0.3, -0.25) is 4.79 Å². The number of carbonyl (C=O) groups is 3. The molecule has 2 aromatic rings. The molecule has 0 saturated carbocycles. The normalized spacial score (nSPS) is 18.3. The molecule has 1 aliphatic carbocycles. The summed E-state index contributed by atoms with van der Waals surface area (Å²) >= 11 is 0. The Morgan fingerprint density at radius 3 is 2.41 bits per heavy atom. The fourth-order valence-corrected chi connectivity index (χ4v) is 4.26. The summed E-state index contributed by atoms with van der Waals surface area (Å²) in [5, 5.41) is 3.36. The number of ketones is 1. The summed E-state index contributed by atoms with van der Waals surface area (Å²) in [6.45, 7) is -0.0319. The van der Waals surface area contributed by atoms with Gasteiger partial charge in [0.1, 0.15) is 12.4 Å². The van der Waals surface area contributed by atoms with Crippen LogP contribution in [0, 0.1) is 0 Å². The highest BCUT2D eigenvalue weighted by molar-refractivity contribution is 6.04. The molecule has 1 atom stereocenters. The Morgan fingerprint density at radius 2 is 1.68 bits per heavy atom. The third-order valence-corrected chi connectivity index (χ3v) is 5.84. The lowest BCUT2D eigenvalue weighted by molar-refractivity contribution is -0.140. The second-order valence-electron chi connectivity index (χ2n) is 8.01. The Morgan fingerprint density at radius 1 is 0.971 bits per heavy atom. The van der Waals surface area contributed by atoms with Crippen LogP contribution in [0.25, 0.3) is 0 Å². The fourth-order valence-electron chi connectivity index (χ4n) is 4.26. The summed E-state index contributed by atoms with van der Waals surface area (Å²) in [6, 6.07) is 17.3. The molecule has 8 nitrogen and oxygen atoms in total. The van der Waals surface area contributed by atoms with E-state index in [1.165, 1.54) is 14.2 Å². The fraction of sp³-hybridized carbons (Fsp3) is 0.269. The van der Waals surface area contributed by atoms with Crippen molar-refractivity contribution in [2.45, 2.75) is 18.8 Å². The van der Waals surface area contributed by atoms with Gasteiger partial charge in [0.05, 0.1) is 37.8 Å². The number of hydrogen-bond donors (Lipinski definition) is 1. The lowest BCUT2D eigenvalue weighted by atomic mass is 9.85. The van der Waals surface area contributed by atoms with Crippen LogP contribution in [-0.4, -0.2) is 45.3 Å². The largest absolute Gasteiger partial charge is 0.466 e. The van der Waals surface area contributed by atoms with Gasteiger partial charge >= 0.3 is 11.9 Å². The molecule has 0 radical (unpaired) electrons. The smallest absolute Gasteiger partial charge is 0.355 e. The maximum Gasteiger partial charge on any atom is 0.355 e. The van der Waals surface area contributed by atoms with Crippen LogP contribution < -0.4 is 10.2 Å². The molecule has 1 unspecified atom stereocenters. The van der Waals surface area contributed by atoms with Crippen LogP contribution >= 0.6 is 0 Å². The zero-order valence-electron chi connectivity index (χ0n) is 19.1. The van der Waals surface area contributed by atoms with Crippen molar-refractivity contribution in [2.75, 3.05) is 37.8 Å². The lowest BCUT2D eigenvalue weighted by Gasteiger charge is -2.33. The molecule has 176 valence electrons. The van der Waals surface area contributed by atoms with E-state index in [-0.39, 0.29) is 36.3 Å². The third kappa shape index (κ3) is 4.87. The summed E-state index contributed by atoms with van der Waals surface area (Å²) in [6.07, 6.45) is 2.74. The molecule has 0 spiro atoms. The second kappa shape index (κ2) is 10.4. The van der Waals surface area contributed by atoms with Crippen molar-refractivity contribution in [3.8, 4) is 0 Å². The SMILES string of the molecule is COC(=O)C1=C(C(=O)OC)N(c2ccccc2NC2=CC(=O)CC(c3ccccc3)C2)COC1. The van der Waals surface area contributed by atoms with Gasteiger partial charge in [0.25, 0.3) is 0 Å². The molecule has 2 aliphatic rings. The predicted molar refractivity (Wildman–Crippen MR) is 126 cm³/mol. The Kier molecular flexibility index (Phi) is 7.08. The van der Waals surface area contributed by atoms with Crippen molar-refractivity contribution in [3.63, 3.8) is 0 Å². The van der Waals surface area contributed by atoms with Crippen LogP contribution in [0.5, 0.6) is 0 Å². The van der Waals surface area contributed by atoms with E-state index in [4.69, 9.17) is 14.2 Å². The van der Waals surface area contributed by atoms with Gasteiger partial charge in [0.2, 0.25) is 0 Å². The number of rotatable bonds is 6. The van der Waals surface area contributed by atoms with Gasteiger partial charge < -0.3 is 24.4 Å². The highest BCUT2D eigenvalue weighted by atomic mass is 16.5. The molecule has 1 aliphatic heterocycles. The van der Waals surface area contributed by atoms with Crippen LogP contribution in [0.15, 0.2) is 77.6 Å².